The predicted octanol–water partition coefficient (Wildman–Crippen LogP) is 3.94. The molecule has 1 heterocycles. The maximum Gasteiger partial charge on any atom is 0.0621 e. The second-order valence-electron chi connectivity index (χ2n) is 6.26. The van der Waals surface area contributed by atoms with E-state index >= 15 is 0 Å². The molecular formula is C15H25ClN2. The van der Waals surface area contributed by atoms with E-state index in [2.05, 4.69) is 44.9 Å². The summed E-state index contributed by atoms with van der Waals surface area (Å²) in [5.41, 5.74) is 1.38. The van der Waals surface area contributed by atoms with Crippen LogP contribution in [0.5, 0.6) is 0 Å². The Morgan fingerprint density at radius 2 is 1.94 bits per heavy atom. The van der Waals surface area contributed by atoms with Crippen LogP contribution < -0.4 is 5.32 Å². The zero-order valence-corrected chi connectivity index (χ0v) is 12.9. The van der Waals surface area contributed by atoms with Crippen molar-refractivity contribution in [3.8, 4) is 0 Å². The molecule has 2 unspecified atom stereocenters. The summed E-state index contributed by atoms with van der Waals surface area (Å²) in [5.74, 6) is 1.22. The van der Waals surface area contributed by atoms with E-state index in [-0.39, 0.29) is 5.54 Å². The summed E-state index contributed by atoms with van der Waals surface area (Å²) < 4.78 is 0. The maximum absolute atomic E-state index is 6.14. The molecule has 3 heteroatoms. The van der Waals surface area contributed by atoms with Gasteiger partial charge in [0.1, 0.15) is 0 Å². The molecule has 0 aliphatic heterocycles. The van der Waals surface area contributed by atoms with Gasteiger partial charge in [-0.1, -0.05) is 25.4 Å². The maximum atomic E-state index is 6.14. The fraction of sp³-hybridized carbons (Fsp3) is 0.667. The minimum absolute atomic E-state index is 0.183. The standard InChI is InChI=1S/C15H25ClN2/c1-11(12(2)9-18-15(3,4)5)8-13-6-7-17-10-14(13)16/h6-7,10-12,18H,8-9H2,1-5H3. The summed E-state index contributed by atoms with van der Waals surface area (Å²) in [5, 5.41) is 4.34. The van der Waals surface area contributed by atoms with E-state index in [0.29, 0.717) is 11.8 Å². The molecule has 1 aromatic heterocycles. The first-order valence-corrected chi connectivity index (χ1v) is 7.01. The van der Waals surface area contributed by atoms with Crippen LogP contribution in [0.15, 0.2) is 18.5 Å². The molecular weight excluding hydrogens is 244 g/mol. The van der Waals surface area contributed by atoms with Crippen molar-refractivity contribution in [3.63, 3.8) is 0 Å². The Morgan fingerprint density at radius 1 is 1.28 bits per heavy atom. The number of pyridine rings is 1. The molecule has 0 saturated carbocycles. The highest BCUT2D eigenvalue weighted by Crippen LogP contribution is 2.22. The third kappa shape index (κ3) is 5.36. The predicted molar refractivity (Wildman–Crippen MR) is 79.0 cm³/mol. The van der Waals surface area contributed by atoms with Gasteiger partial charge >= 0.3 is 0 Å². The molecule has 18 heavy (non-hydrogen) atoms. The van der Waals surface area contributed by atoms with Crippen molar-refractivity contribution in [2.24, 2.45) is 11.8 Å². The number of hydrogen-bond donors (Lipinski definition) is 1. The van der Waals surface area contributed by atoms with Crippen LogP contribution in [-0.4, -0.2) is 17.1 Å². The summed E-state index contributed by atoms with van der Waals surface area (Å²) in [6.07, 6.45) is 4.54. The van der Waals surface area contributed by atoms with E-state index in [4.69, 9.17) is 11.6 Å². The number of hydrogen-bond acceptors (Lipinski definition) is 2. The van der Waals surface area contributed by atoms with E-state index in [1.165, 1.54) is 5.56 Å². The van der Waals surface area contributed by atoms with Gasteiger partial charge < -0.3 is 5.32 Å². The largest absolute Gasteiger partial charge is 0.312 e. The first kappa shape index (κ1) is 15.5. The third-order valence-electron chi connectivity index (χ3n) is 3.32. The molecule has 1 N–H and O–H groups in total. The minimum atomic E-state index is 0.183. The molecule has 1 aromatic rings. The smallest absolute Gasteiger partial charge is 0.0621 e. The van der Waals surface area contributed by atoms with Gasteiger partial charge in [0.2, 0.25) is 0 Å². The zero-order valence-electron chi connectivity index (χ0n) is 12.1. The molecule has 0 radical (unpaired) electrons. The molecule has 0 saturated heterocycles. The first-order chi connectivity index (χ1) is 8.29. The lowest BCUT2D eigenvalue weighted by Gasteiger charge is -2.26. The third-order valence-corrected chi connectivity index (χ3v) is 3.66. The first-order valence-electron chi connectivity index (χ1n) is 6.63. The van der Waals surface area contributed by atoms with Crippen molar-refractivity contribution >= 4 is 11.6 Å². The highest BCUT2D eigenvalue weighted by molar-refractivity contribution is 6.31. The number of aromatic nitrogens is 1. The van der Waals surface area contributed by atoms with E-state index in [0.717, 1.165) is 18.0 Å². The van der Waals surface area contributed by atoms with Crippen LogP contribution in [0.2, 0.25) is 5.02 Å². The molecule has 0 bridgehead atoms. The second-order valence-corrected chi connectivity index (χ2v) is 6.66. The summed E-state index contributed by atoms with van der Waals surface area (Å²) in [7, 11) is 0. The van der Waals surface area contributed by atoms with Gasteiger partial charge in [-0.2, -0.15) is 0 Å². The lowest BCUT2D eigenvalue weighted by Crippen LogP contribution is -2.40. The lowest BCUT2D eigenvalue weighted by molar-refractivity contribution is 0.317. The topological polar surface area (TPSA) is 24.9 Å². The van der Waals surface area contributed by atoms with Gasteiger partial charge in [-0.25, -0.2) is 0 Å². The summed E-state index contributed by atoms with van der Waals surface area (Å²) >= 11 is 6.14. The van der Waals surface area contributed by atoms with Gasteiger partial charge in [0.15, 0.2) is 0 Å². The van der Waals surface area contributed by atoms with E-state index in [1.54, 1.807) is 6.20 Å². The van der Waals surface area contributed by atoms with Gasteiger partial charge in [0.25, 0.3) is 0 Å². The van der Waals surface area contributed by atoms with Crippen molar-refractivity contribution in [2.45, 2.75) is 46.6 Å². The molecule has 102 valence electrons. The van der Waals surface area contributed by atoms with Crippen LogP contribution in [0.4, 0.5) is 0 Å². The van der Waals surface area contributed by atoms with Crippen LogP contribution in [-0.2, 0) is 6.42 Å². The van der Waals surface area contributed by atoms with Crippen molar-refractivity contribution in [2.75, 3.05) is 6.54 Å². The quantitative estimate of drug-likeness (QED) is 0.875. The van der Waals surface area contributed by atoms with Crippen molar-refractivity contribution in [1.29, 1.82) is 0 Å². The highest BCUT2D eigenvalue weighted by atomic mass is 35.5. The summed E-state index contributed by atoms with van der Waals surface area (Å²) in [6, 6.07) is 2.02. The fourth-order valence-corrected chi connectivity index (χ4v) is 1.98. The Morgan fingerprint density at radius 3 is 2.50 bits per heavy atom. The minimum Gasteiger partial charge on any atom is -0.312 e. The van der Waals surface area contributed by atoms with Crippen LogP contribution in [0.25, 0.3) is 0 Å². The highest BCUT2D eigenvalue weighted by Gasteiger charge is 2.17. The molecule has 0 aliphatic carbocycles. The van der Waals surface area contributed by atoms with Gasteiger partial charge in [0, 0.05) is 17.9 Å². The van der Waals surface area contributed by atoms with Crippen LogP contribution in [0, 0.1) is 11.8 Å². The monoisotopic (exact) mass is 268 g/mol. The SMILES string of the molecule is CC(CNC(C)(C)C)C(C)Cc1ccncc1Cl. The van der Waals surface area contributed by atoms with Gasteiger partial charge in [0.05, 0.1) is 5.02 Å². The second kappa shape index (κ2) is 6.53. The number of halogens is 1. The summed E-state index contributed by atoms with van der Waals surface area (Å²) in [6.45, 7) is 12.2. The van der Waals surface area contributed by atoms with Crippen LogP contribution >= 0.6 is 11.6 Å². The van der Waals surface area contributed by atoms with Gasteiger partial charge in [-0.15, -0.1) is 0 Å². The van der Waals surface area contributed by atoms with Crippen LogP contribution in [0.1, 0.15) is 40.2 Å². The molecule has 1 rings (SSSR count). The molecule has 0 aromatic carbocycles. The van der Waals surface area contributed by atoms with Crippen LogP contribution in [0.3, 0.4) is 0 Å². The molecule has 2 nitrogen and oxygen atoms in total. The molecule has 0 aliphatic rings. The number of nitrogens with zero attached hydrogens (tertiary/aromatic N) is 1. The van der Waals surface area contributed by atoms with Gasteiger partial charge in [-0.05, 0) is 57.2 Å². The zero-order chi connectivity index (χ0) is 13.8. The Kier molecular flexibility index (Phi) is 5.61. The fourth-order valence-electron chi connectivity index (χ4n) is 1.79. The molecule has 0 amide bonds. The Labute approximate surface area is 116 Å². The van der Waals surface area contributed by atoms with E-state index in [9.17, 15) is 0 Å². The lowest BCUT2D eigenvalue weighted by atomic mass is 9.89. The molecule has 2 atom stereocenters. The average Bonchev–Trinajstić information content (AvgIpc) is 2.28. The van der Waals surface area contributed by atoms with Crippen molar-refractivity contribution in [1.82, 2.24) is 10.3 Å². The van der Waals surface area contributed by atoms with E-state index < -0.39 is 0 Å². The number of nitrogens with one attached hydrogen (secondary N) is 1. The Balaban J connectivity index is 2.50. The Hall–Kier alpha value is -0.600. The summed E-state index contributed by atoms with van der Waals surface area (Å²) in [4.78, 5) is 4.02. The van der Waals surface area contributed by atoms with Gasteiger partial charge in [-0.3, -0.25) is 4.98 Å². The normalized spacial score (nSPS) is 15.4. The average molecular weight is 269 g/mol. The van der Waals surface area contributed by atoms with Crippen molar-refractivity contribution in [3.05, 3.63) is 29.0 Å². The number of rotatable bonds is 5. The van der Waals surface area contributed by atoms with Crippen molar-refractivity contribution < 1.29 is 0 Å². The van der Waals surface area contributed by atoms with E-state index in [1.807, 2.05) is 12.3 Å². The Bertz CT molecular complexity index is 371. The molecule has 0 fully saturated rings. The molecule has 0 spiro atoms.